The summed E-state index contributed by atoms with van der Waals surface area (Å²) in [4.78, 5) is 9.66. The first-order chi connectivity index (χ1) is 12.7. The first-order valence-electron chi connectivity index (χ1n) is 10.1. The van der Waals surface area contributed by atoms with Gasteiger partial charge in [-0.2, -0.15) is 0 Å². The lowest BCUT2D eigenvalue weighted by Crippen LogP contribution is -2.46. The predicted octanol–water partition coefficient (Wildman–Crippen LogP) is 2.61. The number of furan rings is 1. The third-order valence-corrected chi connectivity index (χ3v) is 4.90. The smallest absolute Gasteiger partial charge is 0.193 e. The maximum Gasteiger partial charge on any atom is 0.193 e. The summed E-state index contributed by atoms with van der Waals surface area (Å²) in [6.07, 6.45) is 6.13. The zero-order chi connectivity index (χ0) is 18.6. The molecule has 1 aliphatic heterocycles. The first kappa shape index (κ1) is 20.8. The molecule has 0 bridgehead atoms. The van der Waals surface area contributed by atoms with Crippen molar-refractivity contribution in [2.45, 2.75) is 45.6 Å². The Balaban J connectivity index is 1.86. The van der Waals surface area contributed by atoms with E-state index in [1.165, 1.54) is 19.4 Å². The van der Waals surface area contributed by atoms with Crippen LogP contribution in [0.5, 0.6) is 0 Å². The minimum absolute atomic E-state index is 0.630. The van der Waals surface area contributed by atoms with Crippen molar-refractivity contribution in [2.75, 3.05) is 53.0 Å². The highest BCUT2D eigenvalue weighted by Gasteiger charge is 2.24. The van der Waals surface area contributed by atoms with Crippen molar-refractivity contribution in [3.63, 3.8) is 0 Å². The largest absolute Gasteiger partial charge is 0.469 e. The third-order valence-electron chi connectivity index (χ3n) is 4.90. The maximum absolute atomic E-state index is 5.42. The molecule has 0 saturated carbocycles. The molecule has 2 rings (SSSR count). The van der Waals surface area contributed by atoms with Crippen LogP contribution in [0.1, 0.15) is 38.9 Å². The van der Waals surface area contributed by atoms with Crippen LogP contribution in [0.15, 0.2) is 27.8 Å². The van der Waals surface area contributed by atoms with Gasteiger partial charge in [0.2, 0.25) is 0 Å². The Morgan fingerprint density at radius 2 is 2.35 bits per heavy atom. The van der Waals surface area contributed by atoms with Crippen molar-refractivity contribution >= 4 is 5.96 Å². The van der Waals surface area contributed by atoms with Gasteiger partial charge in [0.05, 0.1) is 6.26 Å². The third kappa shape index (κ3) is 7.00. The molecular formula is C20H36N4O2. The molecule has 0 amide bonds. The van der Waals surface area contributed by atoms with Crippen LogP contribution in [-0.4, -0.2) is 74.8 Å². The fraction of sp³-hybridized carbons (Fsp3) is 0.750. The van der Waals surface area contributed by atoms with Crippen molar-refractivity contribution in [2.24, 2.45) is 4.99 Å². The molecule has 1 aromatic heterocycles. The van der Waals surface area contributed by atoms with Gasteiger partial charge < -0.3 is 19.4 Å². The number of aliphatic imine (C=N–C) groups is 1. The topological polar surface area (TPSA) is 53.2 Å². The van der Waals surface area contributed by atoms with E-state index in [4.69, 9.17) is 14.1 Å². The van der Waals surface area contributed by atoms with E-state index >= 15 is 0 Å². The van der Waals surface area contributed by atoms with Gasteiger partial charge >= 0.3 is 0 Å². The summed E-state index contributed by atoms with van der Waals surface area (Å²) in [7, 11) is 2.15. The van der Waals surface area contributed by atoms with Crippen LogP contribution in [0, 0.1) is 0 Å². The summed E-state index contributed by atoms with van der Waals surface area (Å²) in [5.41, 5.74) is 0. The molecule has 1 aliphatic rings. The molecule has 1 aromatic rings. The molecule has 2 heterocycles. The van der Waals surface area contributed by atoms with Crippen molar-refractivity contribution in [1.82, 2.24) is 15.1 Å². The van der Waals surface area contributed by atoms with E-state index in [0.29, 0.717) is 6.04 Å². The molecule has 1 atom stereocenters. The Morgan fingerprint density at radius 3 is 3.08 bits per heavy atom. The maximum atomic E-state index is 5.42. The SMILES string of the molecule is CCOCCCN=C(NCCc1ccco1)N(C)CC1CCCN1CC. The molecule has 0 spiro atoms. The van der Waals surface area contributed by atoms with Gasteiger partial charge in [-0.15, -0.1) is 0 Å². The lowest BCUT2D eigenvalue weighted by Gasteiger charge is -2.30. The molecule has 0 radical (unpaired) electrons. The van der Waals surface area contributed by atoms with Crippen LogP contribution >= 0.6 is 0 Å². The number of ether oxygens (including phenoxy) is 1. The van der Waals surface area contributed by atoms with E-state index < -0.39 is 0 Å². The minimum Gasteiger partial charge on any atom is -0.469 e. The zero-order valence-electron chi connectivity index (χ0n) is 16.7. The summed E-state index contributed by atoms with van der Waals surface area (Å²) in [5, 5.41) is 3.51. The Hall–Kier alpha value is -1.53. The number of guanidine groups is 1. The van der Waals surface area contributed by atoms with Gasteiger partial charge in [-0.1, -0.05) is 6.92 Å². The van der Waals surface area contributed by atoms with E-state index in [1.807, 2.05) is 19.1 Å². The average Bonchev–Trinajstić information content (AvgIpc) is 3.31. The second-order valence-electron chi connectivity index (χ2n) is 6.82. The number of hydrogen-bond acceptors (Lipinski definition) is 4. The quantitative estimate of drug-likeness (QED) is 0.372. The van der Waals surface area contributed by atoms with Crippen LogP contribution in [0.25, 0.3) is 0 Å². The van der Waals surface area contributed by atoms with Gasteiger partial charge in [0.15, 0.2) is 5.96 Å². The molecule has 26 heavy (non-hydrogen) atoms. The standard InChI is InChI=1S/C20H36N4O2/c1-4-24-14-6-9-18(24)17-23(3)20(21-12-8-15-25-5-2)22-13-11-19-10-7-16-26-19/h7,10,16,18H,4-6,8-9,11-15,17H2,1-3H3,(H,21,22). The lowest BCUT2D eigenvalue weighted by molar-refractivity contribution is 0.146. The van der Waals surface area contributed by atoms with Gasteiger partial charge in [-0.05, 0) is 51.4 Å². The summed E-state index contributed by atoms with van der Waals surface area (Å²) >= 11 is 0. The molecule has 1 fully saturated rings. The predicted molar refractivity (Wildman–Crippen MR) is 107 cm³/mol. The van der Waals surface area contributed by atoms with Gasteiger partial charge in [-0.25, -0.2) is 0 Å². The molecule has 148 valence electrons. The van der Waals surface area contributed by atoms with Crippen molar-refractivity contribution in [3.8, 4) is 0 Å². The fourth-order valence-corrected chi connectivity index (χ4v) is 3.48. The highest BCUT2D eigenvalue weighted by atomic mass is 16.5. The van der Waals surface area contributed by atoms with Crippen molar-refractivity contribution < 1.29 is 9.15 Å². The van der Waals surface area contributed by atoms with E-state index in [2.05, 4.69) is 29.1 Å². The van der Waals surface area contributed by atoms with Crippen LogP contribution in [0.3, 0.4) is 0 Å². The van der Waals surface area contributed by atoms with Crippen LogP contribution < -0.4 is 5.32 Å². The zero-order valence-corrected chi connectivity index (χ0v) is 16.7. The number of rotatable bonds is 11. The van der Waals surface area contributed by atoms with Crippen molar-refractivity contribution in [3.05, 3.63) is 24.2 Å². The molecule has 1 unspecified atom stereocenters. The van der Waals surface area contributed by atoms with Gasteiger partial charge in [0.25, 0.3) is 0 Å². The second-order valence-corrected chi connectivity index (χ2v) is 6.82. The summed E-state index contributed by atoms with van der Waals surface area (Å²) in [6, 6.07) is 4.58. The minimum atomic E-state index is 0.630. The molecule has 6 nitrogen and oxygen atoms in total. The van der Waals surface area contributed by atoms with Gasteiger partial charge in [-0.3, -0.25) is 9.89 Å². The highest BCUT2D eigenvalue weighted by molar-refractivity contribution is 5.79. The summed E-state index contributed by atoms with van der Waals surface area (Å²) in [5.74, 6) is 1.99. The lowest BCUT2D eigenvalue weighted by atomic mass is 10.2. The average molecular weight is 365 g/mol. The number of likely N-dealkylation sites (N-methyl/N-ethyl adjacent to an activating group) is 2. The Morgan fingerprint density at radius 1 is 1.46 bits per heavy atom. The normalized spacial score (nSPS) is 18.4. The van der Waals surface area contributed by atoms with Crippen LogP contribution in [0.2, 0.25) is 0 Å². The van der Waals surface area contributed by atoms with Crippen molar-refractivity contribution in [1.29, 1.82) is 0 Å². The van der Waals surface area contributed by atoms with Crippen LogP contribution in [-0.2, 0) is 11.2 Å². The Labute approximate surface area is 158 Å². The van der Waals surface area contributed by atoms with Gasteiger partial charge in [0, 0.05) is 52.4 Å². The van der Waals surface area contributed by atoms with E-state index in [-0.39, 0.29) is 0 Å². The van der Waals surface area contributed by atoms with E-state index in [1.54, 1.807) is 6.26 Å². The molecular weight excluding hydrogens is 328 g/mol. The molecule has 0 aliphatic carbocycles. The number of likely N-dealkylation sites (tertiary alicyclic amines) is 1. The fourth-order valence-electron chi connectivity index (χ4n) is 3.48. The highest BCUT2D eigenvalue weighted by Crippen LogP contribution is 2.17. The summed E-state index contributed by atoms with van der Waals surface area (Å²) < 4.78 is 10.8. The molecule has 1 N–H and O–H groups in total. The second kappa shape index (κ2) is 12.0. The molecule has 6 heteroatoms. The van der Waals surface area contributed by atoms with E-state index in [0.717, 1.165) is 64.0 Å². The summed E-state index contributed by atoms with van der Waals surface area (Å²) in [6.45, 7) is 10.8. The number of hydrogen-bond donors (Lipinski definition) is 1. The Kier molecular flexibility index (Phi) is 9.56. The van der Waals surface area contributed by atoms with Gasteiger partial charge in [0.1, 0.15) is 5.76 Å². The van der Waals surface area contributed by atoms with E-state index in [9.17, 15) is 0 Å². The van der Waals surface area contributed by atoms with Crippen LogP contribution in [0.4, 0.5) is 0 Å². The number of nitrogens with zero attached hydrogens (tertiary/aromatic N) is 3. The molecule has 0 aromatic carbocycles. The Bertz CT molecular complexity index is 504. The number of nitrogens with one attached hydrogen (secondary N) is 1. The first-order valence-corrected chi connectivity index (χ1v) is 10.1. The molecule has 1 saturated heterocycles. The monoisotopic (exact) mass is 364 g/mol.